The highest BCUT2D eigenvalue weighted by Gasteiger charge is 2.25. The number of rotatable bonds is 5. The van der Waals surface area contributed by atoms with E-state index in [-0.39, 0.29) is 11.8 Å². The first-order chi connectivity index (χ1) is 9.60. The van der Waals surface area contributed by atoms with Crippen molar-refractivity contribution in [3.8, 4) is 0 Å². The van der Waals surface area contributed by atoms with E-state index in [4.69, 9.17) is 5.73 Å². The molecule has 0 bridgehead atoms. The average molecular weight is 279 g/mol. The summed E-state index contributed by atoms with van der Waals surface area (Å²) in [4.78, 5) is 14.4. The van der Waals surface area contributed by atoms with E-state index >= 15 is 0 Å². The van der Waals surface area contributed by atoms with Crippen molar-refractivity contribution in [1.29, 1.82) is 0 Å². The van der Waals surface area contributed by atoms with E-state index in [0.29, 0.717) is 13.1 Å². The average Bonchev–Trinajstić information content (AvgIpc) is 2.74. The van der Waals surface area contributed by atoms with Crippen LogP contribution in [-0.2, 0) is 18.4 Å². The van der Waals surface area contributed by atoms with Crippen LogP contribution in [0.15, 0.2) is 6.07 Å². The molecule has 0 spiro atoms. The molecular weight excluding hydrogens is 254 g/mol. The minimum absolute atomic E-state index is 0.0876. The SMILES string of the molecule is Cc1cc(CN2CCCC(C(=O)NCCN)C2)n(C)n1. The minimum Gasteiger partial charge on any atom is -0.355 e. The number of likely N-dealkylation sites (tertiary alicyclic amines) is 1. The number of amides is 1. The number of nitrogens with two attached hydrogens (primary N) is 1. The number of nitrogens with zero attached hydrogens (tertiary/aromatic N) is 3. The summed E-state index contributed by atoms with van der Waals surface area (Å²) in [5, 5.41) is 7.26. The third-order valence-corrected chi connectivity index (χ3v) is 3.80. The van der Waals surface area contributed by atoms with E-state index in [1.807, 2.05) is 18.7 Å². The van der Waals surface area contributed by atoms with Crippen LogP contribution in [0.2, 0.25) is 0 Å². The molecule has 1 aliphatic rings. The zero-order chi connectivity index (χ0) is 14.5. The van der Waals surface area contributed by atoms with Gasteiger partial charge in [-0.25, -0.2) is 0 Å². The number of piperidine rings is 1. The van der Waals surface area contributed by atoms with Gasteiger partial charge in [-0.05, 0) is 32.4 Å². The van der Waals surface area contributed by atoms with E-state index in [9.17, 15) is 4.79 Å². The van der Waals surface area contributed by atoms with E-state index in [1.54, 1.807) is 0 Å². The lowest BCUT2D eigenvalue weighted by Crippen LogP contribution is -2.43. The number of nitrogens with one attached hydrogen (secondary N) is 1. The first-order valence-electron chi connectivity index (χ1n) is 7.30. The second-order valence-electron chi connectivity index (χ2n) is 5.55. The summed E-state index contributed by atoms with van der Waals surface area (Å²) in [7, 11) is 1.97. The Kier molecular flexibility index (Phi) is 5.14. The fraction of sp³-hybridized carbons (Fsp3) is 0.714. The van der Waals surface area contributed by atoms with Crippen molar-refractivity contribution in [2.24, 2.45) is 18.7 Å². The van der Waals surface area contributed by atoms with Gasteiger partial charge in [0, 0.05) is 33.2 Å². The molecule has 20 heavy (non-hydrogen) atoms. The first-order valence-corrected chi connectivity index (χ1v) is 7.30. The van der Waals surface area contributed by atoms with Gasteiger partial charge >= 0.3 is 0 Å². The Morgan fingerprint density at radius 2 is 2.40 bits per heavy atom. The van der Waals surface area contributed by atoms with E-state index in [2.05, 4.69) is 21.4 Å². The lowest BCUT2D eigenvalue weighted by Gasteiger charge is -2.31. The van der Waals surface area contributed by atoms with Gasteiger partial charge in [-0.15, -0.1) is 0 Å². The summed E-state index contributed by atoms with van der Waals surface area (Å²) < 4.78 is 1.92. The molecule has 1 aromatic rings. The van der Waals surface area contributed by atoms with E-state index in [0.717, 1.165) is 38.2 Å². The molecule has 1 atom stereocenters. The number of carbonyl (C=O) groups is 1. The fourth-order valence-corrected chi connectivity index (χ4v) is 2.79. The molecule has 1 aliphatic heterocycles. The summed E-state index contributed by atoms with van der Waals surface area (Å²) in [5.41, 5.74) is 7.66. The number of carbonyl (C=O) groups excluding carboxylic acids is 1. The molecule has 0 aromatic carbocycles. The Morgan fingerprint density at radius 3 is 3.05 bits per heavy atom. The highest BCUT2D eigenvalue weighted by Crippen LogP contribution is 2.19. The number of aryl methyl sites for hydroxylation is 2. The maximum atomic E-state index is 12.0. The van der Waals surface area contributed by atoms with Crippen molar-refractivity contribution in [2.75, 3.05) is 26.2 Å². The smallest absolute Gasteiger partial charge is 0.224 e. The molecule has 2 heterocycles. The molecule has 6 nitrogen and oxygen atoms in total. The zero-order valence-corrected chi connectivity index (χ0v) is 12.4. The quantitative estimate of drug-likeness (QED) is 0.796. The molecule has 1 unspecified atom stereocenters. The van der Waals surface area contributed by atoms with Crippen LogP contribution >= 0.6 is 0 Å². The largest absolute Gasteiger partial charge is 0.355 e. The van der Waals surface area contributed by atoms with Crippen LogP contribution in [0.25, 0.3) is 0 Å². The van der Waals surface area contributed by atoms with Gasteiger partial charge in [-0.2, -0.15) is 5.10 Å². The summed E-state index contributed by atoms with van der Waals surface area (Å²) >= 11 is 0. The van der Waals surface area contributed by atoms with Crippen molar-refractivity contribution in [2.45, 2.75) is 26.3 Å². The van der Waals surface area contributed by atoms with E-state index < -0.39 is 0 Å². The van der Waals surface area contributed by atoms with Crippen LogP contribution in [-0.4, -0.2) is 46.8 Å². The first kappa shape index (κ1) is 15.0. The van der Waals surface area contributed by atoms with Crippen LogP contribution in [0.3, 0.4) is 0 Å². The Labute approximate surface area is 120 Å². The van der Waals surface area contributed by atoms with Crippen LogP contribution in [0, 0.1) is 12.8 Å². The van der Waals surface area contributed by atoms with Gasteiger partial charge in [0.15, 0.2) is 0 Å². The predicted molar refractivity (Wildman–Crippen MR) is 78.0 cm³/mol. The zero-order valence-electron chi connectivity index (χ0n) is 12.4. The van der Waals surface area contributed by atoms with Crippen LogP contribution in [0.1, 0.15) is 24.2 Å². The van der Waals surface area contributed by atoms with Crippen LogP contribution < -0.4 is 11.1 Å². The Morgan fingerprint density at radius 1 is 1.60 bits per heavy atom. The third-order valence-electron chi connectivity index (χ3n) is 3.80. The van der Waals surface area contributed by atoms with Gasteiger partial charge in [0.2, 0.25) is 5.91 Å². The van der Waals surface area contributed by atoms with Crippen molar-refractivity contribution < 1.29 is 4.79 Å². The molecule has 6 heteroatoms. The molecule has 1 amide bonds. The lowest BCUT2D eigenvalue weighted by atomic mass is 9.97. The summed E-state index contributed by atoms with van der Waals surface area (Å²) in [6.07, 6.45) is 2.04. The molecule has 0 saturated carbocycles. The van der Waals surface area contributed by atoms with Crippen LogP contribution in [0.5, 0.6) is 0 Å². The van der Waals surface area contributed by atoms with Gasteiger partial charge in [0.05, 0.1) is 17.3 Å². The highest BCUT2D eigenvalue weighted by molar-refractivity contribution is 5.78. The van der Waals surface area contributed by atoms with Crippen molar-refractivity contribution in [1.82, 2.24) is 20.0 Å². The molecule has 2 rings (SSSR count). The summed E-state index contributed by atoms with van der Waals surface area (Å²) in [6.45, 7) is 5.79. The van der Waals surface area contributed by atoms with Gasteiger partial charge in [0.25, 0.3) is 0 Å². The maximum Gasteiger partial charge on any atom is 0.224 e. The van der Waals surface area contributed by atoms with Gasteiger partial charge in [-0.1, -0.05) is 0 Å². The Hall–Kier alpha value is -1.40. The topological polar surface area (TPSA) is 76.2 Å². The normalized spacial score (nSPS) is 20.1. The van der Waals surface area contributed by atoms with Crippen molar-refractivity contribution >= 4 is 5.91 Å². The molecule has 112 valence electrons. The molecule has 3 N–H and O–H groups in total. The maximum absolute atomic E-state index is 12.0. The van der Waals surface area contributed by atoms with Crippen molar-refractivity contribution in [3.05, 3.63) is 17.5 Å². The second-order valence-corrected chi connectivity index (χ2v) is 5.55. The molecule has 0 aliphatic carbocycles. The van der Waals surface area contributed by atoms with Gasteiger partial charge < -0.3 is 11.1 Å². The minimum atomic E-state index is 0.0876. The molecule has 0 radical (unpaired) electrons. The number of aromatic nitrogens is 2. The number of hydrogen-bond acceptors (Lipinski definition) is 4. The number of hydrogen-bond donors (Lipinski definition) is 2. The second kappa shape index (κ2) is 6.85. The standard InChI is InChI=1S/C14H25N5O/c1-11-8-13(18(2)17-11)10-19-7-3-4-12(9-19)14(20)16-6-5-15/h8,12H,3-7,9-10,15H2,1-2H3,(H,16,20). The monoisotopic (exact) mass is 279 g/mol. The van der Waals surface area contributed by atoms with E-state index in [1.165, 1.54) is 5.69 Å². The van der Waals surface area contributed by atoms with Crippen molar-refractivity contribution in [3.63, 3.8) is 0 Å². The Balaban J connectivity index is 1.90. The van der Waals surface area contributed by atoms with Gasteiger partial charge in [0.1, 0.15) is 0 Å². The predicted octanol–water partition coefficient (Wildman–Crippen LogP) is 0.0154. The fourth-order valence-electron chi connectivity index (χ4n) is 2.79. The molecular formula is C14H25N5O. The highest BCUT2D eigenvalue weighted by atomic mass is 16.1. The molecule has 1 aromatic heterocycles. The lowest BCUT2D eigenvalue weighted by molar-refractivity contribution is -0.126. The molecule has 1 fully saturated rings. The summed E-state index contributed by atoms with van der Waals surface area (Å²) in [6, 6.07) is 2.11. The third kappa shape index (κ3) is 3.80. The summed E-state index contributed by atoms with van der Waals surface area (Å²) in [5.74, 6) is 0.228. The molecule has 1 saturated heterocycles. The van der Waals surface area contributed by atoms with Crippen LogP contribution in [0.4, 0.5) is 0 Å². The Bertz CT molecular complexity index is 456. The van der Waals surface area contributed by atoms with Gasteiger partial charge in [-0.3, -0.25) is 14.4 Å².